The molecular formula is C19H17FN2O2S. The number of aliphatic imine (C=N–C) groups is 1. The number of amides is 1. The van der Waals surface area contributed by atoms with Crippen molar-refractivity contribution in [1.29, 1.82) is 0 Å². The Hall–Kier alpha value is -2.60. The Balaban J connectivity index is 1.65. The van der Waals surface area contributed by atoms with Crippen molar-refractivity contribution >= 4 is 28.9 Å². The van der Waals surface area contributed by atoms with Crippen LogP contribution in [0.15, 0.2) is 58.4 Å². The van der Waals surface area contributed by atoms with E-state index in [-0.39, 0.29) is 11.7 Å². The molecule has 0 aromatic heterocycles. The maximum atomic E-state index is 12.9. The van der Waals surface area contributed by atoms with Gasteiger partial charge in [0.2, 0.25) is 0 Å². The summed E-state index contributed by atoms with van der Waals surface area (Å²) in [7, 11) is 3.38. The Labute approximate surface area is 150 Å². The molecule has 1 aliphatic heterocycles. The second-order valence-corrected chi connectivity index (χ2v) is 6.47. The molecule has 1 amide bonds. The molecular weight excluding hydrogens is 339 g/mol. The molecule has 0 bridgehead atoms. The van der Waals surface area contributed by atoms with E-state index in [2.05, 4.69) is 4.99 Å². The molecule has 1 fully saturated rings. The Morgan fingerprint density at radius 3 is 2.44 bits per heavy atom. The summed E-state index contributed by atoms with van der Waals surface area (Å²) in [5.41, 5.74) is 1.81. The van der Waals surface area contributed by atoms with E-state index in [9.17, 15) is 9.18 Å². The lowest BCUT2D eigenvalue weighted by atomic mass is 10.2. The van der Waals surface area contributed by atoms with Crippen molar-refractivity contribution in [1.82, 2.24) is 4.90 Å². The van der Waals surface area contributed by atoms with Crippen molar-refractivity contribution in [3.8, 4) is 5.75 Å². The summed E-state index contributed by atoms with van der Waals surface area (Å²) >= 11 is 1.36. The molecule has 0 saturated carbocycles. The number of carbonyl (C=O) groups is 1. The third kappa shape index (κ3) is 4.09. The number of rotatable bonds is 4. The third-order valence-electron chi connectivity index (χ3n) is 3.69. The molecule has 2 aromatic rings. The van der Waals surface area contributed by atoms with Gasteiger partial charge in [-0.15, -0.1) is 0 Å². The maximum absolute atomic E-state index is 12.9. The van der Waals surface area contributed by atoms with Gasteiger partial charge >= 0.3 is 0 Å². The fourth-order valence-electron chi connectivity index (χ4n) is 2.31. The molecule has 128 valence electrons. The van der Waals surface area contributed by atoms with Gasteiger partial charge in [0.05, 0.1) is 4.91 Å². The zero-order chi connectivity index (χ0) is 17.8. The first-order chi connectivity index (χ1) is 12.1. The third-order valence-corrected chi connectivity index (χ3v) is 4.84. The number of benzene rings is 2. The highest BCUT2D eigenvalue weighted by Crippen LogP contribution is 2.31. The lowest BCUT2D eigenvalue weighted by Gasteiger charge is -2.07. The van der Waals surface area contributed by atoms with E-state index >= 15 is 0 Å². The maximum Gasteiger partial charge on any atom is 0.266 e. The van der Waals surface area contributed by atoms with E-state index in [1.807, 2.05) is 30.3 Å². The van der Waals surface area contributed by atoms with Crippen LogP contribution in [0.5, 0.6) is 5.75 Å². The number of amidine groups is 1. The average Bonchev–Trinajstić information content (AvgIpc) is 2.90. The van der Waals surface area contributed by atoms with Crippen LogP contribution in [0.4, 0.5) is 4.39 Å². The quantitative estimate of drug-likeness (QED) is 0.780. The Morgan fingerprint density at radius 1 is 1.16 bits per heavy atom. The Bertz CT molecular complexity index is 830. The van der Waals surface area contributed by atoms with Crippen LogP contribution in [-0.4, -0.2) is 30.1 Å². The lowest BCUT2D eigenvalue weighted by molar-refractivity contribution is -0.121. The van der Waals surface area contributed by atoms with Crippen molar-refractivity contribution in [2.45, 2.75) is 6.61 Å². The molecule has 0 unspecified atom stereocenters. The van der Waals surface area contributed by atoms with Crippen LogP contribution < -0.4 is 4.74 Å². The normalized spacial score (nSPS) is 17.6. The van der Waals surface area contributed by atoms with Gasteiger partial charge in [-0.2, -0.15) is 0 Å². The van der Waals surface area contributed by atoms with Crippen LogP contribution in [0.1, 0.15) is 11.1 Å². The highest BCUT2D eigenvalue weighted by molar-refractivity contribution is 8.18. The molecule has 3 rings (SSSR count). The smallest absolute Gasteiger partial charge is 0.266 e. The summed E-state index contributed by atoms with van der Waals surface area (Å²) in [6.07, 6.45) is 1.84. The number of nitrogens with zero attached hydrogens (tertiary/aromatic N) is 2. The summed E-state index contributed by atoms with van der Waals surface area (Å²) in [6.45, 7) is 0.371. The van der Waals surface area contributed by atoms with Crippen LogP contribution in [0, 0.1) is 5.82 Å². The van der Waals surface area contributed by atoms with E-state index in [1.165, 1.54) is 28.8 Å². The standard InChI is InChI=1S/C19H17FN2O2S/c1-21-19-22(2)18(23)17(25-19)11-13-5-9-16(10-6-13)24-12-14-3-7-15(20)8-4-14/h3-11H,12H2,1-2H3/b17-11+,21-19?. The molecule has 6 heteroatoms. The van der Waals surface area contributed by atoms with E-state index in [1.54, 1.807) is 26.2 Å². The zero-order valence-corrected chi connectivity index (χ0v) is 14.7. The monoisotopic (exact) mass is 356 g/mol. The van der Waals surface area contributed by atoms with Crippen LogP contribution in [0.3, 0.4) is 0 Å². The topological polar surface area (TPSA) is 41.9 Å². The number of thioether (sulfide) groups is 1. The van der Waals surface area contributed by atoms with Gasteiger partial charge in [0, 0.05) is 14.1 Å². The van der Waals surface area contributed by atoms with Crippen molar-refractivity contribution in [3.63, 3.8) is 0 Å². The highest BCUT2D eigenvalue weighted by atomic mass is 32.2. The van der Waals surface area contributed by atoms with Crippen molar-refractivity contribution in [3.05, 3.63) is 70.4 Å². The van der Waals surface area contributed by atoms with Gasteiger partial charge in [-0.3, -0.25) is 14.7 Å². The summed E-state index contributed by atoms with van der Waals surface area (Å²) in [6, 6.07) is 13.7. The fourth-order valence-corrected chi connectivity index (χ4v) is 3.24. The minimum absolute atomic E-state index is 0.0535. The number of halogens is 1. The molecule has 0 N–H and O–H groups in total. The molecule has 0 spiro atoms. The molecule has 1 heterocycles. The van der Waals surface area contributed by atoms with Gasteiger partial charge in [0.15, 0.2) is 5.17 Å². The number of likely N-dealkylation sites (N-methyl/N-ethyl adjacent to an activating group) is 1. The first-order valence-corrected chi connectivity index (χ1v) is 8.50. The van der Waals surface area contributed by atoms with Crippen LogP contribution >= 0.6 is 11.8 Å². The van der Waals surface area contributed by atoms with Crippen molar-refractivity contribution < 1.29 is 13.9 Å². The molecule has 0 radical (unpaired) electrons. The van der Waals surface area contributed by atoms with Gasteiger partial charge in [0.1, 0.15) is 18.2 Å². The van der Waals surface area contributed by atoms with E-state index in [0.717, 1.165) is 11.1 Å². The van der Waals surface area contributed by atoms with Crippen LogP contribution in [0.2, 0.25) is 0 Å². The first-order valence-electron chi connectivity index (χ1n) is 7.68. The molecule has 0 aliphatic carbocycles. The molecule has 4 nitrogen and oxygen atoms in total. The number of carbonyl (C=O) groups excluding carboxylic acids is 1. The summed E-state index contributed by atoms with van der Waals surface area (Å²) in [5.74, 6) is 0.398. The van der Waals surface area contributed by atoms with E-state index in [0.29, 0.717) is 22.4 Å². The fraction of sp³-hybridized carbons (Fsp3) is 0.158. The van der Waals surface area contributed by atoms with E-state index < -0.39 is 0 Å². The average molecular weight is 356 g/mol. The summed E-state index contributed by atoms with van der Waals surface area (Å²) in [5, 5.41) is 0.690. The molecule has 0 atom stereocenters. The Morgan fingerprint density at radius 2 is 1.84 bits per heavy atom. The minimum Gasteiger partial charge on any atom is -0.489 e. The van der Waals surface area contributed by atoms with Gasteiger partial charge in [-0.25, -0.2) is 4.39 Å². The predicted octanol–water partition coefficient (Wildman–Crippen LogP) is 3.94. The first kappa shape index (κ1) is 17.2. The van der Waals surface area contributed by atoms with Crippen LogP contribution in [-0.2, 0) is 11.4 Å². The number of hydrogen-bond acceptors (Lipinski definition) is 4. The molecule has 2 aromatic carbocycles. The van der Waals surface area contributed by atoms with E-state index in [4.69, 9.17) is 4.74 Å². The second kappa shape index (κ2) is 7.53. The minimum atomic E-state index is -0.262. The largest absolute Gasteiger partial charge is 0.489 e. The zero-order valence-electron chi connectivity index (χ0n) is 13.9. The van der Waals surface area contributed by atoms with Gasteiger partial charge in [-0.05, 0) is 53.2 Å². The number of ether oxygens (including phenoxy) is 1. The van der Waals surface area contributed by atoms with Crippen molar-refractivity contribution in [2.75, 3.05) is 14.1 Å². The molecule has 1 aliphatic rings. The Kier molecular flexibility index (Phi) is 5.19. The van der Waals surface area contributed by atoms with Gasteiger partial charge in [0.25, 0.3) is 5.91 Å². The second-order valence-electron chi connectivity index (χ2n) is 5.47. The highest BCUT2D eigenvalue weighted by Gasteiger charge is 2.29. The van der Waals surface area contributed by atoms with Gasteiger partial charge < -0.3 is 4.74 Å². The SMILES string of the molecule is CN=C1S/C(=C/c2ccc(OCc3ccc(F)cc3)cc2)C(=O)N1C. The summed E-state index contributed by atoms with van der Waals surface area (Å²) < 4.78 is 18.6. The predicted molar refractivity (Wildman–Crippen MR) is 98.9 cm³/mol. The van der Waals surface area contributed by atoms with Crippen LogP contribution in [0.25, 0.3) is 6.08 Å². The molecule has 1 saturated heterocycles. The molecule has 25 heavy (non-hydrogen) atoms. The van der Waals surface area contributed by atoms with Gasteiger partial charge in [-0.1, -0.05) is 24.3 Å². The summed E-state index contributed by atoms with van der Waals surface area (Å²) in [4.78, 5) is 18.4. The lowest BCUT2D eigenvalue weighted by Crippen LogP contribution is -2.23. The number of hydrogen-bond donors (Lipinski definition) is 0. The van der Waals surface area contributed by atoms with Crippen molar-refractivity contribution in [2.24, 2.45) is 4.99 Å².